The van der Waals surface area contributed by atoms with E-state index in [1.165, 1.54) is 18.1 Å². The van der Waals surface area contributed by atoms with Crippen molar-refractivity contribution in [2.45, 2.75) is 17.6 Å². The van der Waals surface area contributed by atoms with Crippen LogP contribution in [0, 0.1) is 11.3 Å². The lowest BCUT2D eigenvalue weighted by atomic mass is 10.1. The van der Waals surface area contributed by atoms with Gasteiger partial charge in [0, 0.05) is 5.75 Å². The zero-order valence-electron chi connectivity index (χ0n) is 7.53. The van der Waals surface area contributed by atoms with Gasteiger partial charge in [-0.3, -0.25) is 5.10 Å². The molecule has 0 aliphatic rings. The van der Waals surface area contributed by atoms with E-state index < -0.39 is 5.54 Å². The van der Waals surface area contributed by atoms with Crippen LogP contribution < -0.4 is 5.32 Å². The molecule has 0 aromatic carbocycles. The van der Waals surface area contributed by atoms with Crippen molar-refractivity contribution in [2.24, 2.45) is 0 Å². The number of thioether (sulfide) groups is 1. The maximum absolute atomic E-state index is 8.84. The van der Waals surface area contributed by atoms with Gasteiger partial charge in [-0.2, -0.15) is 10.4 Å². The van der Waals surface area contributed by atoms with Gasteiger partial charge in [0.1, 0.15) is 11.9 Å². The maximum Gasteiger partial charge on any atom is 0.183 e. The molecule has 1 heterocycles. The molecule has 6 heteroatoms. The molecule has 70 valence electrons. The van der Waals surface area contributed by atoms with Crippen LogP contribution in [0.25, 0.3) is 0 Å². The van der Waals surface area contributed by atoms with Gasteiger partial charge in [-0.15, -0.1) is 0 Å². The van der Waals surface area contributed by atoms with E-state index in [1.807, 2.05) is 6.92 Å². The highest BCUT2D eigenvalue weighted by Crippen LogP contribution is 2.17. The van der Waals surface area contributed by atoms with Gasteiger partial charge in [-0.05, 0) is 14.0 Å². The minimum absolute atomic E-state index is 0.516. The largest absolute Gasteiger partial charge is 0.302 e. The fourth-order valence-corrected chi connectivity index (χ4v) is 1.51. The van der Waals surface area contributed by atoms with Crippen LogP contribution in [0.3, 0.4) is 0 Å². The van der Waals surface area contributed by atoms with E-state index in [1.54, 1.807) is 7.05 Å². The predicted molar refractivity (Wildman–Crippen MR) is 50.2 cm³/mol. The first-order valence-corrected chi connectivity index (χ1v) is 4.77. The van der Waals surface area contributed by atoms with Gasteiger partial charge in [0.2, 0.25) is 0 Å². The van der Waals surface area contributed by atoms with Gasteiger partial charge in [-0.25, -0.2) is 4.98 Å². The fourth-order valence-electron chi connectivity index (χ4n) is 0.637. The van der Waals surface area contributed by atoms with Crippen molar-refractivity contribution in [1.82, 2.24) is 20.5 Å². The summed E-state index contributed by atoms with van der Waals surface area (Å²) in [6, 6.07) is 2.20. The van der Waals surface area contributed by atoms with Crippen LogP contribution in [0.4, 0.5) is 0 Å². The summed E-state index contributed by atoms with van der Waals surface area (Å²) >= 11 is 1.47. The molecule has 2 N–H and O–H groups in total. The van der Waals surface area contributed by atoms with Crippen LogP contribution in [0.2, 0.25) is 0 Å². The highest BCUT2D eigenvalue weighted by Gasteiger charge is 2.21. The zero-order chi connectivity index (χ0) is 9.73. The summed E-state index contributed by atoms with van der Waals surface area (Å²) in [6.45, 7) is 1.84. The molecule has 13 heavy (non-hydrogen) atoms. The van der Waals surface area contributed by atoms with Crippen molar-refractivity contribution in [3.63, 3.8) is 0 Å². The molecule has 0 saturated heterocycles. The van der Waals surface area contributed by atoms with E-state index in [9.17, 15) is 0 Å². The molecule has 1 rings (SSSR count). The van der Waals surface area contributed by atoms with Crippen molar-refractivity contribution >= 4 is 11.8 Å². The number of rotatable bonds is 4. The molecule has 5 nitrogen and oxygen atoms in total. The highest BCUT2D eigenvalue weighted by atomic mass is 32.2. The van der Waals surface area contributed by atoms with E-state index in [2.05, 4.69) is 26.6 Å². The van der Waals surface area contributed by atoms with Crippen LogP contribution in [0.15, 0.2) is 11.5 Å². The topological polar surface area (TPSA) is 77.4 Å². The van der Waals surface area contributed by atoms with Crippen molar-refractivity contribution in [3.05, 3.63) is 6.33 Å². The Kier molecular flexibility index (Phi) is 3.28. The average Bonchev–Trinajstić information content (AvgIpc) is 2.67. The van der Waals surface area contributed by atoms with Gasteiger partial charge in [0.05, 0.1) is 6.07 Å². The number of nitriles is 1. The van der Waals surface area contributed by atoms with Crippen LogP contribution in [-0.4, -0.2) is 33.5 Å². The quantitative estimate of drug-likeness (QED) is 0.683. The second-order valence-corrected chi connectivity index (χ2v) is 3.74. The van der Waals surface area contributed by atoms with E-state index in [0.717, 1.165) is 5.16 Å². The first-order chi connectivity index (χ1) is 6.20. The van der Waals surface area contributed by atoms with E-state index >= 15 is 0 Å². The van der Waals surface area contributed by atoms with Crippen LogP contribution in [0.5, 0.6) is 0 Å². The Balaban J connectivity index is 2.47. The van der Waals surface area contributed by atoms with Gasteiger partial charge in [0.25, 0.3) is 0 Å². The van der Waals surface area contributed by atoms with Gasteiger partial charge in [0.15, 0.2) is 5.16 Å². The summed E-state index contributed by atoms with van der Waals surface area (Å²) in [7, 11) is 1.77. The summed E-state index contributed by atoms with van der Waals surface area (Å²) in [6.07, 6.45) is 1.45. The molecular weight excluding hydrogens is 186 g/mol. The summed E-state index contributed by atoms with van der Waals surface area (Å²) in [5.74, 6) is 0.634. The van der Waals surface area contributed by atoms with Crippen molar-refractivity contribution in [2.75, 3.05) is 12.8 Å². The molecule has 0 bridgehead atoms. The third kappa shape index (κ3) is 2.72. The second kappa shape index (κ2) is 4.25. The molecule has 1 aromatic heterocycles. The first kappa shape index (κ1) is 10.0. The molecule has 0 spiro atoms. The zero-order valence-corrected chi connectivity index (χ0v) is 8.35. The Morgan fingerprint density at radius 2 is 2.62 bits per heavy atom. The summed E-state index contributed by atoms with van der Waals surface area (Å²) in [5.41, 5.74) is -0.516. The molecule has 0 fully saturated rings. The number of nitrogens with one attached hydrogen (secondary N) is 2. The predicted octanol–water partition coefficient (Wildman–Crippen LogP) is 0.398. The number of aromatic nitrogens is 3. The molecule has 1 atom stereocenters. The Morgan fingerprint density at radius 3 is 3.08 bits per heavy atom. The van der Waals surface area contributed by atoms with Gasteiger partial charge >= 0.3 is 0 Å². The Morgan fingerprint density at radius 1 is 1.85 bits per heavy atom. The molecule has 0 amide bonds. The molecule has 1 aromatic rings. The number of hydrogen-bond acceptors (Lipinski definition) is 5. The number of hydrogen-bond donors (Lipinski definition) is 2. The average molecular weight is 197 g/mol. The molecule has 0 saturated carbocycles. The van der Waals surface area contributed by atoms with Crippen LogP contribution in [-0.2, 0) is 0 Å². The summed E-state index contributed by atoms with van der Waals surface area (Å²) in [5, 5.41) is 19.0. The molecule has 1 unspecified atom stereocenters. The van der Waals surface area contributed by atoms with Gasteiger partial charge in [-0.1, -0.05) is 11.8 Å². The smallest absolute Gasteiger partial charge is 0.183 e. The minimum atomic E-state index is -0.516. The fraction of sp³-hybridized carbons (Fsp3) is 0.571. The van der Waals surface area contributed by atoms with Crippen molar-refractivity contribution < 1.29 is 0 Å². The highest BCUT2D eigenvalue weighted by molar-refractivity contribution is 7.99. The molecule has 0 aliphatic heterocycles. The number of nitrogens with zero attached hydrogens (tertiary/aromatic N) is 3. The maximum atomic E-state index is 8.84. The SMILES string of the molecule is CNC(C)(C#N)CSc1ncn[nH]1. The lowest BCUT2D eigenvalue weighted by Gasteiger charge is -2.18. The van der Waals surface area contributed by atoms with Gasteiger partial charge < -0.3 is 5.32 Å². The molecule has 0 radical (unpaired) electrons. The van der Waals surface area contributed by atoms with E-state index in [4.69, 9.17) is 5.26 Å². The van der Waals surface area contributed by atoms with Crippen molar-refractivity contribution in [1.29, 1.82) is 5.26 Å². The van der Waals surface area contributed by atoms with Crippen molar-refractivity contribution in [3.8, 4) is 6.07 Å². The lowest BCUT2D eigenvalue weighted by molar-refractivity contribution is 0.550. The second-order valence-electron chi connectivity index (χ2n) is 2.77. The van der Waals surface area contributed by atoms with E-state index in [0.29, 0.717) is 5.75 Å². The molecule has 0 aliphatic carbocycles. The summed E-state index contributed by atoms with van der Waals surface area (Å²) in [4.78, 5) is 3.95. The Hall–Kier alpha value is -1.06. The third-order valence-corrected chi connectivity index (χ3v) is 2.88. The Labute approximate surface area is 80.9 Å². The monoisotopic (exact) mass is 197 g/mol. The Bertz CT molecular complexity index is 290. The standard InChI is InChI=1S/C7H11N5S/c1-7(3-8,9-2)4-13-6-10-5-11-12-6/h5,9H,4H2,1-2H3,(H,10,11,12). The van der Waals surface area contributed by atoms with Crippen LogP contribution >= 0.6 is 11.8 Å². The minimum Gasteiger partial charge on any atom is -0.302 e. The lowest BCUT2D eigenvalue weighted by Crippen LogP contribution is -2.40. The third-order valence-electron chi connectivity index (χ3n) is 1.69. The first-order valence-electron chi connectivity index (χ1n) is 3.78. The molecular formula is C7H11N5S. The van der Waals surface area contributed by atoms with Crippen LogP contribution in [0.1, 0.15) is 6.92 Å². The number of H-pyrrole nitrogens is 1. The normalized spacial score (nSPS) is 14.8. The van der Waals surface area contributed by atoms with E-state index in [-0.39, 0.29) is 0 Å². The number of aromatic amines is 1. The summed E-state index contributed by atoms with van der Waals surface area (Å²) < 4.78 is 0.